The second-order valence-electron chi connectivity index (χ2n) is 7.68. The molecule has 1 aromatic carbocycles. The number of aromatic nitrogens is 1. The maximum Gasteiger partial charge on any atom is 0.409 e. The summed E-state index contributed by atoms with van der Waals surface area (Å²) in [6.45, 7) is 4.78. The van der Waals surface area contributed by atoms with E-state index in [0.717, 1.165) is 42.8 Å². The van der Waals surface area contributed by atoms with Crippen LogP contribution in [0.1, 0.15) is 43.7 Å². The summed E-state index contributed by atoms with van der Waals surface area (Å²) in [6.07, 6.45) is 3.42. The Hall–Kier alpha value is -2.19. The molecule has 29 heavy (non-hydrogen) atoms. The number of benzene rings is 1. The van der Waals surface area contributed by atoms with Crippen LogP contribution in [0.3, 0.4) is 0 Å². The van der Waals surface area contributed by atoms with Gasteiger partial charge in [0.05, 0.1) is 29.4 Å². The number of para-hydroxylation sites is 1. The van der Waals surface area contributed by atoms with Gasteiger partial charge < -0.3 is 15.0 Å². The van der Waals surface area contributed by atoms with Gasteiger partial charge in [0.2, 0.25) is 5.91 Å². The molecule has 4 rings (SSSR count). The minimum Gasteiger partial charge on any atom is -0.450 e. The standard InChI is InChI=1S/C21H28N4O3S/c1-2-28-21(27)24-12-9-15(10-13-24)22-19(26)14-25-11-5-7-17(25)20-23-16-6-3-4-8-18(16)29-20/h3-4,6,8,15,17H,2,5,7,9-14H2,1H3,(H,22,26)/t17-/m1/s1. The van der Waals surface area contributed by atoms with Crippen LogP contribution in [0.2, 0.25) is 0 Å². The van der Waals surface area contributed by atoms with E-state index in [-0.39, 0.29) is 24.1 Å². The maximum absolute atomic E-state index is 12.7. The Balaban J connectivity index is 1.29. The lowest BCUT2D eigenvalue weighted by molar-refractivity contribution is -0.123. The molecule has 156 valence electrons. The average molecular weight is 417 g/mol. The number of piperidine rings is 1. The molecule has 2 aromatic rings. The first-order valence-corrected chi connectivity index (χ1v) is 11.3. The lowest BCUT2D eigenvalue weighted by Gasteiger charge is -2.32. The number of nitrogens with zero attached hydrogens (tertiary/aromatic N) is 3. The number of ether oxygens (including phenoxy) is 1. The van der Waals surface area contributed by atoms with E-state index in [1.165, 1.54) is 4.70 Å². The van der Waals surface area contributed by atoms with Crippen LogP contribution < -0.4 is 5.32 Å². The average Bonchev–Trinajstić information content (AvgIpc) is 3.35. The van der Waals surface area contributed by atoms with Crippen molar-refractivity contribution in [1.82, 2.24) is 20.1 Å². The highest BCUT2D eigenvalue weighted by Crippen LogP contribution is 2.36. The van der Waals surface area contributed by atoms with E-state index in [2.05, 4.69) is 16.3 Å². The van der Waals surface area contributed by atoms with E-state index < -0.39 is 0 Å². The fraction of sp³-hybridized carbons (Fsp3) is 0.571. The number of hydrogen-bond acceptors (Lipinski definition) is 6. The third-order valence-electron chi connectivity index (χ3n) is 5.69. The third-order valence-corrected chi connectivity index (χ3v) is 6.83. The summed E-state index contributed by atoms with van der Waals surface area (Å²) in [5.41, 5.74) is 1.04. The minimum atomic E-state index is -0.256. The van der Waals surface area contributed by atoms with Crippen molar-refractivity contribution < 1.29 is 14.3 Å². The Morgan fingerprint density at radius 3 is 2.76 bits per heavy atom. The largest absolute Gasteiger partial charge is 0.450 e. The SMILES string of the molecule is CCOC(=O)N1CCC(NC(=O)CN2CCC[C@@H]2c2nc3ccccc3s2)CC1. The summed E-state index contributed by atoms with van der Waals surface area (Å²) >= 11 is 1.73. The zero-order valence-electron chi connectivity index (χ0n) is 16.8. The Bertz CT molecular complexity index is 829. The van der Waals surface area contributed by atoms with Crippen LogP contribution in [-0.2, 0) is 9.53 Å². The van der Waals surface area contributed by atoms with Crippen molar-refractivity contribution in [1.29, 1.82) is 0 Å². The normalized spacial score (nSPS) is 20.9. The molecule has 7 nitrogen and oxygen atoms in total. The van der Waals surface area contributed by atoms with E-state index in [1.807, 2.05) is 25.1 Å². The van der Waals surface area contributed by atoms with Gasteiger partial charge in [-0.2, -0.15) is 0 Å². The number of nitrogens with one attached hydrogen (secondary N) is 1. The van der Waals surface area contributed by atoms with E-state index in [0.29, 0.717) is 26.2 Å². The molecular formula is C21H28N4O3S. The molecule has 0 spiro atoms. The van der Waals surface area contributed by atoms with Crippen LogP contribution >= 0.6 is 11.3 Å². The Morgan fingerprint density at radius 2 is 2.00 bits per heavy atom. The fourth-order valence-corrected chi connectivity index (χ4v) is 5.34. The van der Waals surface area contributed by atoms with Crippen molar-refractivity contribution in [2.45, 2.75) is 44.7 Å². The monoisotopic (exact) mass is 416 g/mol. The van der Waals surface area contributed by atoms with Gasteiger partial charge >= 0.3 is 6.09 Å². The molecule has 0 saturated carbocycles. The number of rotatable bonds is 5. The van der Waals surface area contributed by atoms with Gasteiger partial charge in [0, 0.05) is 19.1 Å². The molecule has 2 aliphatic rings. The van der Waals surface area contributed by atoms with Crippen LogP contribution in [0, 0.1) is 0 Å². The van der Waals surface area contributed by atoms with Crippen LogP contribution in [0.5, 0.6) is 0 Å². The smallest absolute Gasteiger partial charge is 0.409 e. The summed E-state index contributed by atoms with van der Waals surface area (Å²) in [5.74, 6) is 0.0626. The summed E-state index contributed by atoms with van der Waals surface area (Å²) in [4.78, 5) is 33.2. The number of fused-ring (bicyclic) bond motifs is 1. The van der Waals surface area contributed by atoms with Gasteiger partial charge in [-0.05, 0) is 51.3 Å². The number of hydrogen-bond donors (Lipinski definition) is 1. The molecule has 2 fully saturated rings. The van der Waals surface area contributed by atoms with Gasteiger partial charge in [-0.3, -0.25) is 9.69 Å². The van der Waals surface area contributed by atoms with Gasteiger partial charge in [0.15, 0.2) is 0 Å². The lowest BCUT2D eigenvalue weighted by atomic mass is 10.1. The van der Waals surface area contributed by atoms with Crippen molar-refractivity contribution in [2.24, 2.45) is 0 Å². The summed E-state index contributed by atoms with van der Waals surface area (Å²) < 4.78 is 6.25. The maximum atomic E-state index is 12.7. The molecule has 0 unspecified atom stereocenters. The van der Waals surface area contributed by atoms with Crippen molar-refractivity contribution in [2.75, 3.05) is 32.8 Å². The molecule has 1 atom stereocenters. The number of carbonyl (C=O) groups excluding carboxylic acids is 2. The van der Waals surface area contributed by atoms with E-state index in [4.69, 9.17) is 9.72 Å². The molecule has 2 amide bonds. The van der Waals surface area contributed by atoms with Gasteiger partial charge in [0.25, 0.3) is 0 Å². The van der Waals surface area contributed by atoms with E-state index >= 15 is 0 Å². The number of thiazole rings is 1. The van der Waals surface area contributed by atoms with Gasteiger partial charge in [-0.15, -0.1) is 11.3 Å². The molecule has 0 bridgehead atoms. The molecule has 1 N–H and O–H groups in total. The fourth-order valence-electron chi connectivity index (χ4n) is 4.21. The van der Waals surface area contributed by atoms with Crippen molar-refractivity contribution in [3.63, 3.8) is 0 Å². The van der Waals surface area contributed by atoms with E-state index in [1.54, 1.807) is 16.2 Å². The highest BCUT2D eigenvalue weighted by molar-refractivity contribution is 7.18. The summed E-state index contributed by atoms with van der Waals surface area (Å²) in [6, 6.07) is 8.55. The van der Waals surface area contributed by atoms with Crippen LogP contribution in [0.4, 0.5) is 4.79 Å². The molecule has 3 heterocycles. The first-order valence-electron chi connectivity index (χ1n) is 10.4. The Morgan fingerprint density at radius 1 is 1.21 bits per heavy atom. The first kappa shape index (κ1) is 20.1. The van der Waals surface area contributed by atoms with Gasteiger partial charge in [-0.1, -0.05) is 12.1 Å². The predicted molar refractivity (Wildman–Crippen MR) is 113 cm³/mol. The highest BCUT2D eigenvalue weighted by Gasteiger charge is 2.31. The van der Waals surface area contributed by atoms with Crippen molar-refractivity contribution >= 4 is 33.6 Å². The first-order chi connectivity index (χ1) is 14.1. The topological polar surface area (TPSA) is 74.8 Å². The number of amides is 2. The molecule has 0 aliphatic carbocycles. The predicted octanol–water partition coefficient (Wildman–Crippen LogP) is 3.17. The van der Waals surface area contributed by atoms with Crippen molar-refractivity contribution in [3.8, 4) is 0 Å². The van der Waals surface area contributed by atoms with Gasteiger partial charge in [0.1, 0.15) is 5.01 Å². The lowest BCUT2D eigenvalue weighted by Crippen LogP contribution is -2.48. The second kappa shape index (κ2) is 9.09. The third kappa shape index (κ3) is 4.70. The van der Waals surface area contributed by atoms with Crippen LogP contribution in [-0.4, -0.2) is 65.6 Å². The summed E-state index contributed by atoms with van der Waals surface area (Å²) in [5, 5.41) is 4.27. The molecule has 0 radical (unpaired) electrons. The molecule has 1 aromatic heterocycles. The van der Waals surface area contributed by atoms with Crippen LogP contribution in [0.25, 0.3) is 10.2 Å². The second-order valence-corrected chi connectivity index (χ2v) is 8.74. The zero-order valence-corrected chi connectivity index (χ0v) is 17.6. The quantitative estimate of drug-likeness (QED) is 0.810. The van der Waals surface area contributed by atoms with Gasteiger partial charge in [-0.25, -0.2) is 9.78 Å². The zero-order chi connectivity index (χ0) is 20.2. The molecule has 8 heteroatoms. The Labute approximate surface area is 175 Å². The number of carbonyl (C=O) groups is 2. The Kier molecular flexibility index (Phi) is 6.30. The van der Waals surface area contributed by atoms with E-state index in [9.17, 15) is 9.59 Å². The molecule has 2 saturated heterocycles. The van der Waals surface area contributed by atoms with Crippen LogP contribution in [0.15, 0.2) is 24.3 Å². The highest BCUT2D eigenvalue weighted by atomic mass is 32.1. The minimum absolute atomic E-state index is 0.0626. The number of likely N-dealkylation sites (tertiary alicyclic amines) is 2. The van der Waals surface area contributed by atoms with Crippen molar-refractivity contribution in [3.05, 3.63) is 29.3 Å². The molecular weight excluding hydrogens is 388 g/mol. The molecule has 2 aliphatic heterocycles. The summed E-state index contributed by atoms with van der Waals surface area (Å²) in [7, 11) is 0.